The van der Waals surface area contributed by atoms with Crippen LogP contribution in [-0.2, 0) is 19.1 Å². The molecular formula is C17H29NO5. The van der Waals surface area contributed by atoms with Crippen molar-refractivity contribution in [3.05, 3.63) is 0 Å². The van der Waals surface area contributed by atoms with Crippen LogP contribution in [-0.4, -0.2) is 59.4 Å². The highest BCUT2D eigenvalue weighted by Crippen LogP contribution is 2.37. The van der Waals surface area contributed by atoms with E-state index in [-0.39, 0.29) is 30.3 Å². The minimum atomic E-state index is -1.05. The number of esters is 2. The first-order valence-corrected chi connectivity index (χ1v) is 8.76. The summed E-state index contributed by atoms with van der Waals surface area (Å²) in [7, 11) is 2.02. The van der Waals surface area contributed by atoms with E-state index in [0.717, 1.165) is 25.7 Å². The lowest BCUT2D eigenvalue weighted by molar-refractivity contribution is -0.162. The number of nitrogens with zero attached hydrogens (tertiary/aromatic N) is 1. The second kappa shape index (κ2) is 8.11. The lowest BCUT2D eigenvalue weighted by Gasteiger charge is -2.36. The number of hydrogen-bond donors (Lipinski definition) is 1. The van der Waals surface area contributed by atoms with E-state index in [1.54, 1.807) is 6.92 Å². The predicted octanol–water partition coefficient (Wildman–Crippen LogP) is 1.64. The normalized spacial score (nSPS) is 31.7. The molecule has 2 heterocycles. The first-order chi connectivity index (χ1) is 11.0. The zero-order valence-electron chi connectivity index (χ0n) is 14.4. The second-order valence-electron chi connectivity index (χ2n) is 6.71. The lowest BCUT2D eigenvalue weighted by Crippen LogP contribution is -2.46. The van der Waals surface area contributed by atoms with Crippen molar-refractivity contribution in [2.75, 3.05) is 7.05 Å². The van der Waals surface area contributed by atoms with E-state index in [4.69, 9.17) is 9.47 Å². The molecule has 23 heavy (non-hydrogen) atoms. The average molecular weight is 327 g/mol. The van der Waals surface area contributed by atoms with Crippen molar-refractivity contribution in [1.82, 2.24) is 4.90 Å². The van der Waals surface area contributed by atoms with Gasteiger partial charge in [0.2, 0.25) is 0 Å². The molecule has 3 unspecified atom stereocenters. The minimum absolute atomic E-state index is 0.0609. The number of carbonyl (C=O) groups excluding carboxylic acids is 2. The third-order valence-corrected chi connectivity index (χ3v) is 5.03. The van der Waals surface area contributed by atoms with Gasteiger partial charge in [0.15, 0.2) is 6.10 Å². The van der Waals surface area contributed by atoms with Crippen molar-refractivity contribution >= 4 is 11.9 Å². The third kappa shape index (κ3) is 4.44. The van der Waals surface area contributed by atoms with E-state index in [1.165, 1.54) is 0 Å². The van der Waals surface area contributed by atoms with Gasteiger partial charge in [0, 0.05) is 31.7 Å². The van der Waals surface area contributed by atoms with Crippen LogP contribution in [0.15, 0.2) is 0 Å². The summed E-state index contributed by atoms with van der Waals surface area (Å²) in [6, 6.07) is 0.319. The number of aliphatic hydroxyl groups is 1. The van der Waals surface area contributed by atoms with Gasteiger partial charge in [-0.25, -0.2) is 4.79 Å². The van der Waals surface area contributed by atoms with E-state index >= 15 is 0 Å². The van der Waals surface area contributed by atoms with Gasteiger partial charge in [0.25, 0.3) is 0 Å². The summed E-state index contributed by atoms with van der Waals surface area (Å²) in [6.07, 6.45) is 3.50. The lowest BCUT2D eigenvalue weighted by atomic mass is 10.00. The fraction of sp³-hybridized carbons (Fsp3) is 0.882. The monoisotopic (exact) mass is 327 g/mol. The highest BCUT2D eigenvalue weighted by molar-refractivity contribution is 5.74. The molecule has 0 aromatic carbocycles. The summed E-state index contributed by atoms with van der Waals surface area (Å²) in [5.41, 5.74) is 0. The van der Waals surface area contributed by atoms with Gasteiger partial charge < -0.3 is 14.6 Å². The van der Waals surface area contributed by atoms with E-state index in [1.807, 2.05) is 14.0 Å². The van der Waals surface area contributed by atoms with Crippen LogP contribution in [0.5, 0.6) is 0 Å². The Morgan fingerprint density at radius 3 is 2.61 bits per heavy atom. The van der Waals surface area contributed by atoms with Crippen LogP contribution in [0.2, 0.25) is 0 Å². The molecule has 1 N–H and O–H groups in total. The van der Waals surface area contributed by atoms with Gasteiger partial charge >= 0.3 is 11.9 Å². The molecule has 6 heteroatoms. The Hall–Kier alpha value is -1.14. The third-order valence-electron chi connectivity index (χ3n) is 5.03. The molecular weight excluding hydrogens is 298 g/mol. The molecule has 0 aromatic heterocycles. The van der Waals surface area contributed by atoms with Crippen LogP contribution < -0.4 is 0 Å². The molecule has 0 spiro atoms. The predicted molar refractivity (Wildman–Crippen MR) is 84.8 cm³/mol. The Bertz CT molecular complexity index is 427. The highest BCUT2D eigenvalue weighted by Gasteiger charge is 2.48. The summed E-state index contributed by atoms with van der Waals surface area (Å²) >= 11 is 0. The minimum Gasteiger partial charge on any atom is -0.462 e. The molecule has 132 valence electrons. The van der Waals surface area contributed by atoms with Gasteiger partial charge in [-0.1, -0.05) is 20.3 Å². The van der Waals surface area contributed by atoms with E-state index in [0.29, 0.717) is 19.3 Å². The highest BCUT2D eigenvalue weighted by atomic mass is 16.6. The van der Waals surface area contributed by atoms with Crippen molar-refractivity contribution in [3.8, 4) is 0 Å². The zero-order chi connectivity index (χ0) is 17.0. The van der Waals surface area contributed by atoms with Crippen LogP contribution in [0.25, 0.3) is 0 Å². The first-order valence-electron chi connectivity index (χ1n) is 8.76. The van der Waals surface area contributed by atoms with Crippen LogP contribution in [0.1, 0.15) is 58.8 Å². The van der Waals surface area contributed by atoms with Crippen LogP contribution in [0, 0.1) is 0 Å². The SMILES string of the molecule is CCCCC(=O)OC1C[C@H]2CC(OC(=O)C(O)CC)[C@@H](C1)N2C. The Labute approximate surface area is 138 Å². The molecule has 0 aromatic rings. The fourth-order valence-corrected chi connectivity index (χ4v) is 3.56. The van der Waals surface area contributed by atoms with E-state index in [2.05, 4.69) is 4.90 Å². The number of unbranched alkanes of at least 4 members (excludes halogenated alkanes) is 1. The summed E-state index contributed by atoms with van der Waals surface area (Å²) in [6.45, 7) is 3.80. The molecule has 2 aliphatic heterocycles. The Morgan fingerprint density at radius 2 is 1.96 bits per heavy atom. The Balaban J connectivity index is 1.89. The van der Waals surface area contributed by atoms with Crippen molar-refractivity contribution in [2.45, 2.75) is 89.2 Å². The Morgan fingerprint density at radius 1 is 1.22 bits per heavy atom. The van der Waals surface area contributed by atoms with Gasteiger partial charge in [-0.05, 0) is 19.9 Å². The molecule has 0 amide bonds. The largest absolute Gasteiger partial charge is 0.462 e. The maximum absolute atomic E-state index is 11.8. The molecule has 2 aliphatic rings. The van der Waals surface area contributed by atoms with Gasteiger partial charge in [0.1, 0.15) is 12.2 Å². The molecule has 2 bridgehead atoms. The summed E-state index contributed by atoms with van der Waals surface area (Å²) in [4.78, 5) is 25.9. The molecule has 2 saturated heterocycles. The second-order valence-corrected chi connectivity index (χ2v) is 6.71. The van der Waals surface area contributed by atoms with Crippen molar-refractivity contribution in [2.24, 2.45) is 0 Å². The number of carbonyl (C=O) groups is 2. The number of ether oxygens (including phenoxy) is 2. The number of piperidine rings is 1. The Kier molecular flexibility index (Phi) is 6.41. The number of rotatable bonds is 7. The molecule has 0 aliphatic carbocycles. The summed E-state index contributed by atoms with van der Waals surface area (Å²) < 4.78 is 11.1. The maximum atomic E-state index is 11.8. The van der Waals surface area contributed by atoms with Crippen LogP contribution in [0.3, 0.4) is 0 Å². The number of aliphatic hydroxyl groups excluding tert-OH is 1. The first kappa shape index (κ1) is 18.2. The molecule has 2 fully saturated rings. The molecule has 6 nitrogen and oxygen atoms in total. The van der Waals surface area contributed by atoms with Crippen molar-refractivity contribution in [3.63, 3.8) is 0 Å². The average Bonchev–Trinajstić information content (AvgIpc) is 2.71. The maximum Gasteiger partial charge on any atom is 0.335 e. The van der Waals surface area contributed by atoms with Gasteiger partial charge in [-0.15, -0.1) is 0 Å². The van der Waals surface area contributed by atoms with Gasteiger partial charge in [0.05, 0.1) is 6.04 Å². The number of fused-ring (bicyclic) bond motifs is 2. The molecule has 2 rings (SSSR count). The topological polar surface area (TPSA) is 76.1 Å². The van der Waals surface area contributed by atoms with Gasteiger partial charge in [-0.2, -0.15) is 0 Å². The van der Waals surface area contributed by atoms with Crippen LogP contribution in [0.4, 0.5) is 0 Å². The molecule has 5 atom stereocenters. The van der Waals surface area contributed by atoms with Gasteiger partial charge in [-0.3, -0.25) is 9.69 Å². The quantitative estimate of drug-likeness (QED) is 0.716. The van der Waals surface area contributed by atoms with Crippen molar-refractivity contribution in [1.29, 1.82) is 0 Å². The van der Waals surface area contributed by atoms with Crippen molar-refractivity contribution < 1.29 is 24.2 Å². The van der Waals surface area contributed by atoms with E-state index < -0.39 is 12.1 Å². The number of likely N-dealkylation sites (N-methyl/N-ethyl adjacent to an activating group) is 1. The smallest absolute Gasteiger partial charge is 0.335 e. The standard InChI is InChI=1S/C17H29NO5/c1-4-6-7-16(20)22-12-8-11-9-15(13(10-12)18(11)3)23-17(21)14(19)5-2/h11-15,19H,4-10H2,1-3H3/t11-,12?,13+,14?,15?/m0/s1. The zero-order valence-corrected chi connectivity index (χ0v) is 14.4. The summed E-state index contributed by atoms with van der Waals surface area (Å²) in [5.74, 6) is -0.675. The molecule has 0 saturated carbocycles. The number of hydrogen-bond acceptors (Lipinski definition) is 6. The molecule has 0 radical (unpaired) electrons. The summed E-state index contributed by atoms with van der Waals surface area (Å²) in [5, 5.41) is 9.59. The van der Waals surface area contributed by atoms with E-state index in [9.17, 15) is 14.7 Å². The van der Waals surface area contributed by atoms with Crippen LogP contribution >= 0.6 is 0 Å². The fourth-order valence-electron chi connectivity index (χ4n) is 3.56.